The van der Waals surface area contributed by atoms with Crippen LogP contribution in [0.5, 0.6) is 0 Å². The summed E-state index contributed by atoms with van der Waals surface area (Å²) in [7, 11) is 3.67. The van der Waals surface area contributed by atoms with E-state index in [-0.39, 0.29) is 29.8 Å². The van der Waals surface area contributed by atoms with Gasteiger partial charge in [-0.1, -0.05) is 45.8 Å². The van der Waals surface area contributed by atoms with E-state index in [2.05, 4.69) is 27.4 Å². The van der Waals surface area contributed by atoms with Gasteiger partial charge < -0.3 is 18.9 Å². The number of fused-ring (bicyclic) bond motifs is 1. The molecule has 2 fully saturated rings. The number of hydrogen-bond donors (Lipinski definition) is 0. The van der Waals surface area contributed by atoms with Gasteiger partial charge in [-0.25, -0.2) is 4.79 Å². The number of carbonyl (C=O) groups excluding carboxylic acids is 3. The van der Waals surface area contributed by atoms with Gasteiger partial charge >= 0.3 is 17.9 Å². The number of hydrogen-bond acceptors (Lipinski definition) is 7. The first-order valence-corrected chi connectivity index (χ1v) is 11.6. The number of rotatable bonds is 9. The Balaban J connectivity index is 2.30. The second-order valence-corrected chi connectivity index (χ2v) is 9.86. The van der Waals surface area contributed by atoms with Gasteiger partial charge in [-0.2, -0.15) is 0 Å². The molecule has 182 valence electrons. The molecule has 2 aliphatic rings. The van der Waals surface area contributed by atoms with Crippen molar-refractivity contribution in [2.24, 2.45) is 28.6 Å². The van der Waals surface area contributed by atoms with Gasteiger partial charge in [0.25, 0.3) is 0 Å². The SMILES string of the molecule is C=C1CCC2C(C)(CC)CCCC2(C)C1COC(C(=O)OC)C(CC(=O)OC)C(=O)OC. The van der Waals surface area contributed by atoms with Gasteiger partial charge in [0.15, 0.2) is 6.10 Å². The highest BCUT2D eigenvalue weighted by Crippen LogP contribution is 2.62. The highest BCUT2D eigenvalue weighted by atomic mass is 16.6. The minimum Gasteiger partial charge on any atom is -0.469 e. The topological polar surface area (TPSA) is 88.1 Å². The summed E-state index contributed by atoms with van der Waals surface area (Å²) >= 11 is 0. The Morgan fingerprint density at radius 1 is 1.06 bits per heavy atom. The molecular weight excluding hydrogens is 412 g/mol. The van der Waals surface area contributed by atoms with E-state index in [4.69, 9.17) is 18.9 Å². The summed E-state index contributed by atoms with van der Waals surface area (Å²) < 4.78 is 20.6. The summed E-state index contributed by atoms with van der Waals surface area (Å²) in [4.78, 5) is 36.9. The largest absolute Gasteiger partial charge is 0.469 e. The average Bonchev–Trinajstić information content (AvgIpc) is 2.78. The molecule has 0 saturated heterocycles. The van der Waals surface area contributed by atoms with Crippen molar-refractivity contribution in [3.63, 3.8) is 0 Å². The smallest absolute Gasteiger partial charge is 0.335 e. The lowest BCUT2D eigenvalue weighted by Crippen LogP contribution is -2.52. The first-order chi connectivity index (χ1) is 15.1. The Bertz CT molecular complexity index is 717. The van der Waals surface area contributed by atoms with Gasteiger partial charge in [0, 0.05) is 5.92 Å². The fourth-order valence-corrected chi connectivity index (χ4v) is 6.21. The molecule has 2 aliphatic carbocycles. The number of esters is 3. The lowest BCUT2D eigenvalue weighted by atomic mass is 9.47. The highest BCUT2D eigenvalue weighted by molar-refractivity contribution is 5.87. The first-order valence-electron chi connectivity index (χ1n) is 11.6. The minimum atomic E-state index is -1.26. The van der Waals surface area contributed by atoms with Crippen molar-refractivity contribution < 1.29 is 33.3 Å². The summed E-state index contributed by atoms with van der Waals surface area (Å²) in [5.74, 6) is -2.61. The van der Waals surface area contributed by atoms with Crippen molar-refractivity contribution in [3.05, 3.63) is 12.2 Å². The summed E-state index contributed by atoms with van der Waals surface area (Å²) in [6, 6.07) is 0. The Morgan fingerprint density at radius 3 is 2.28 bits per heavy atom. The van der Waals surface area contributed by atoms with Gasteiger partial charge in [-0.05, 0) is 42.4 Å². The summed E-state index contributed by atoms with van der Waals surface area (Å²) in [5, 5.41) is 0. The molecule has 0 aliphatic heterocycles. The Hall–Kier alpha value is -1.89. The first kappa shape index (κ1) is 26.4. The third kappa shape index (κ3) is 5.19. The predicted octanol–water partition coefficient (Wildman–Crippen LogP) is 4.09. The molecule has 0 amide bonds. The Morgan fingerprint density at radius 2 is 1.72 bits per heavy atom. The Labute approximate surface area is 192 Å². The van der Waals surface area contributed by atoms with E-state index in [1.807, 2.05) is 0 Å². The zero-order valence-corrected chi connectivity index (χ0v) is 20.5. The van der Waals surface area contributed by atoms with Gasteiger partial charge in [-0.3, -0.25) is 9.59 Å². The number of ether oxygens (including phenoxy) is 4. The quantitative estimate of drug-likeness (QED) is 0.296. The van der Waals surface area contributed by atoms with Crippen molar-refractivity contribution in [2.75, 3.05) is 27.9 Å². The lowest BCUT2D eigenvalue weighted by molar-refractivity contribution is -0.174. The maximum atomic E-state index is 12.6. The standard InChI is InChI=1S/C25H40O7/c1-8-24(3)12-9-13-25(4)18(16(2)10-11-19(24)25)15-32-21(23(28)31-7)17(22(27)30-6)14-20(26)29-5/h17-19,21H,2,8-15H2,1,3-7H3. The van der Waals surface area contributed by atoms with Crippen LogP contribution >= 0.6 is 0 Å². The molecule has 0 aromatic carbocycles. The molecule has 7 heteroatoms. The zero-order chi connectivity index (χ0) is 24.1. The van der Waals surface area contributed by atoms with Crippen LogP contribution in [0, 0.1) is 28.6 Å². The van der Waals surface area contributed by atoms with Crippen molar-refractivity contribution >= 4 is 17.9 Å². The fraction of sp³-hybridized carbons (Fsp3) is 0.800. The Kier molecular flexibility index (Phi) is 8.91. The van der Waals surface area contributed by atoms with E-state index < -0.39 is 29.9 Å². The van der Waals surface area contributed by atoms with Crippen LogP contribution in [0.15, 0.2) is 12.2 Å². The van der Waals surface area contributed by atoms with Gasteiger partial charge in [0.2, 0.25) is 0 Å². The molecule has 0 bridgehead atoms. The van der Waals surface area contributed by atoms with Gasteiger partial charge in [0.05, 0.1) is 34.4 Å². The molecule has 0 spiro atoms. The van der Waals surface area contributed by atoms with Crippen molar-refractivity contribution in [2.45, 2.75) is 71.8 Å². The van der Waals surface area contributed by atoms with E-state index in [1.54, 1.807) is 0 Å². The van der Waals surface area contributed by atoms with E-state index in [0.29, 0.717) is 5.92 Å². The molecule has 0 aromatic heterocycles. The summed E-state index contributed by atoms with van der Waals surface area (Å²) in [5.41, 5.74) is 1.39. The van der Waals surface area contributed by atoms with Crippen LogP contribution in [0.25, 0.3) is 0 Å². The highest BCUT2D eigenvalue weighted by Gasteiger charge is 2.54. The molecule has 32 heavy (non-hydrogen) atoms. The summed E-state index contributed by atoms with van der Waals surface area (Å²) in [6.07, 6.45) is 5.02. The summed E-state index contributed by atoms with van der Waals surface area (Å²) in [6.45, 7) is 11.6. The third-order valence-electron chi connectivity index (χ3n) is 8.31. The molecule has 6 atom stereocenters. The number of carbonyl (C=O) groups is 3. The molecule has 0 aromatic rings. The van der Waals surface area contributed by atoms with Crippen LogP contribution < -0.4 is 0 Å². The zero-order valence-electron chi connectivity index (χ0n) is 20.5. The molecule has 0 radical (unpaired) electrons. The monoisotopic (exact) mass is 452 g/mol. The normalized spacial score (nSPS) is 31.8. The van der Waals surface area contributed by atoms with E-state index in [9.17, 15) is 14.4 Å². The van der Waals surface area contributed by atoms with Crippen LogP contribution in [0.1, 0.15) is 65.7 Å². The van der Waals surface area contributed by atoms with Crippen molar-refractivity contribution in [1.82, 2.24) is 0 Å². The number of methoxy groups -OCH3 is 3. The third-order valence-corrected chi connectivity index (χ3v) is 8.31. The van der Waals surface area contributed by atoms with E-state index in [0.717, 1.165) is 37.7 Å². The molecule has 2 saturated carbocycles. The van der Waals surface area contributed by atoms with Crippen LogP contribution in [-0.2, 0) is 33.3 Å². The van der Waals surface area contributed by atoms with Gasteiger partial charge in [-0.15, -0.1) is 0 Å². The van der Waals surface area contributed by atoms with Crippen molar-refractivity contribution in [3.8, 4) is 0 Å². The van der Waals surface area contributed by atoms with Crippen molar-refractivity contribution in [1.29, 1.82) is 0 Å². The molecule has 2 rings (SSSR count). The predicted molar refractivity (Wildman–Crippen MR) is 120 cm³/mol. The van der Waals surface area contributed by atoms with Crippen LogP contribution in [0.4, 0.5) is 0 Å². The maximum absolute atomic E-state index is 12.6. The van der Waals surface area contributed by atoms with Crippen LogP contribution in [-0.4, -0.2) is 51.9 Å². The lowest BCUT2D eigenvalue weighted by Gasteiger charge is -2.58. The van der Waals surface area contributed by atoms with Gasteiger partial charge in [0.1, 0.15) is 5.92 Å². The maximum Gasteiger partial charge on any atom is 0.335 e. The van der Waals surface area contributed by atoms with E-state index in [1.165, 1.54) is 27.8 Å². The molecule has 0 N–H and O–H groups in total. The molecule has 0 heterocycles. The molecule has 6 unspecified atom stereocenters. The molecule has 7 nitrogen and oxygen atoms in total. The second kappa shape index (κ2) is 10.8. The minimum absolute atomic E-state index is 0.00211. The van der Waals surface area contributed by atoms with Crippen LogP contribution in [0.3, 0.4) is 0 Å². The van der Waals surface area contributed by atoms with Crippen LogP contribution in [0.2, 0.25) is 0 Å². The average molecular weight is 453 g/mol. The molecular formula is C25H40O7. The fourth-order valence-electron chi connectivity index (χ4n) is 6.21. The second-order valence-electron chi connectivity index (χ2n) is 9.86. The van der Waals surface area contributed by atoms with E-state index >= 15 is 0 Å².